The summed E-state index contributed by atoms with van der Waals surface area (Å²) in [6, 6.07) is 18.5. The third-order valence-corrected chi connectivity index (χ3v) is 6.46. The fourth-order valence-corrected chi connectivity index (χ4v) is 4.69. The Hall–Kier alpha value is -4.16. The van der Waals surface area contributed by atoms with Crippen molar-refractivity contribution in [1.29, 1.82) is 5.26 Å². The van der Waals surface area contributed by atoms with E-state index < -0.39 is 17.7 Å². The van der Waals surface area contributed by atoms with Gasteiger partial charge in [-0.2, -0.15) is 9.94 Å². The Balaban J connectivity index is 1.79. The van der Waals surface area contributed by atoms with Crippen LogP contribution < -0.4 is 16.0 Å². The van der Waals surface area contributed by atoms with Crippen LogP contribution in [0.5, 0.6) is 5.75 Å². The van der Waals surface area contributed by atoms with E-state index in [2.05, 4.69) is 10.1 Å². The highest BCUT2D eigenvalue weighted by Gasteiger charge is 2.34. The number of methoxy groups -OCH3 is 1. The number of amides is 1. The zero-order valence-corrected chi connectivity index (χ0v) is 18.8. The molecule has 2 heterocycles. The molecule has 33 heavy (non-hydrogen) atoms. The number of nitriles is 1. The molecule has 1 amide bonds. The summed E-state index contributed by atoms with van der Waals surface area (Å²) in [5.41, 5.74) is 7.61. The maximum atomic E-state index is 13.5. The van der Waals surface area contributed by atoms with Crippen LogP contribution in [-0.4, -0.2) is 27.8 Å². The maximum absolute atomic E-state index is 13.5. The normalized spacial score (nSPS) is 12.6. The Morgan fingerprint density at radius 3 is 2.52 bits per heavy atom. The number of primary amides is 1. The molecule has 9 heteroatoms. The molecule has 0 fully saturated rings. The van der Waals surface area contributed by atoms with Gasteiger partial charge in [-0.1, -0.05) is 41.7 Å². The first kappa shape index (κ1) is 22.0. The highest BCUT2D eigenvalue weighted by atomic mass is 32.1. The highest BCUT2D eigenvalue weighted by molar-refractivity contribution is 7.17. The first-order chi connectivity index (χ1) is 15.9. The smallest absolute Gasteiger partial charge is 0.277 e. The van der Waals surface area contributed by atoms with Crippen LogP contribution in [0.1, 0.15) is 22.7 Å². The average Bonchev–Trinajstić information content (AvgIpc) is 3.42. The largest absolute Gasteiger partial charge is 0.497 e. The number of ether oxygens (including phenoxy) is 1. The van der Waals surface area contributed by atoms with Gasteiger partial charge in [0, 0.05) is 23.4 Å². The fourth-order valence-electron chi connectivity index (χ4n) is 3.81. The van der Waals surface area contributed by atoms with Gasteiger partial charge in [0.1, 0.15) is 11.7 Å². The number of carbonyl (C=O) groups excluding carboxylic acids is 1. The Morgan fingerprint density at radius 1 is 1.21 bits per heavy atom. The van der Waals surface area contributed by atoms with Crippen molar-refractivity contribution < 1.29 is 9.53 Å². The van der Waals surface area contributed by atoms with Crippen LogP contribution >= 0.6 is 11.3 Å². The standard InChI is InChI=1S/C24H21N5O3S/c1-14-20(21(18(12-25)22(26)30)16-6-4-3-5-7-16)23(31)29(28-14)24-27-13-19(33-24)15-8-10-17(32-2)11-9-15/h3-11,13,18,21,28H,1-2H3,(H2,26,30)/t18-,21-/m1/s1. The van der Waals surface area contributed by atoms with Gasteiger partial charge < -0.3 is 10.5 Å². The number of nitrogens with one attached hydrogen (secondary N) is 1. The summed E-state index contributed by atoms with van der Waals surface area (Å²) in [5, 5.41) is 13.2. The number of aromatic amines is 1. The number of H-pyrrole nitrogens is 1. The lowest BCUT2D eigenvalue weighted by Crippen LogP contribution is -2.31. The van der Waals surface area contributed by atoms with Gasteiger partial charge in [0.25, 0.3) is 5.56 Å². The van der Waals surface area contributed by atoms with Gasteiger partial charge in [0.05, 0.1) is 18.1 Å². The number of thiazole rings is 1. The molecule has 166 valence electrons. The molecule has 0 saturated carbocycles. The Labute approximate surface area is 193 Å². The van der Waals surface area contributed by atoms with Crippen LogP contribution in [0.3, 0.4) is 0 Å². The van der Waals surface area contributed by atoms with Crippen molar-refractivity contribution >= 4 is 17.2 Å². The number of rotatable bonds is 7. The summed E-state index contributed by atoms with van der Waals surface area (Å²) >= 11 is 1.34. The van der Waals surface area contributed by atoms with Crippen molar-refractivity contribution in [3.8, 4) is 27.4 Å². The minimum absolute atomic E-state index is 0.313. The molecule has 8 nitrogen and oxygen atoms in total. The van der Waals surface area contributed by atoms with E-state index in [0.717, 1.165) is 16.2 Å². The number of nitrogens with zero attached hydrogens (tertiary/aromatic N) is 3. The molecule has 0 radical (unpaired) electrons. The summed E-state index contributed by atoms with van der Waals surface area (Å²) in [7, 11) is 1.61. The molecule has 0 spiro atoms. The monoisotopic (exact) mass is 459 g/mol. The molecule has 4 rings (SSSR count). The average molecular weight is 460 g/mol. The molecule has 2 aromatic carbocycles. The molecule has 0 aliphatic heterocycles. The SMILES string of the molecule is COc1ccc(-c2cnc(-n3[nH]c(C)c([C@H](c4ccccc4)[C@@H](C#N)C(N)=O)c3=O)s2)cc1. The van der Waals surface area contributed by atoms with E-state index in [4.69, 9.17) is 10.5 Å². The summed E-state index contributed by atoms with van der Waals surface area (Å²) in [5.74, 6) is -2.04. The third kappa shape index (κ3) is 4.16. The highest BCUT2D eigenvalue weighted by Crippen LogP contribution is 2.33. The topological polar surface area (TPSA) is 127 Å². The van der Waals surface area contributed by atoms with Crippen LogP contribution in [-0.2, 0) is 4.79 Å². The summed E-state index contributed by atoms with van der Waals surface area (Å²) in [6.07, 6.45) is 1.69. The van der Waals surface area contributed by atoms with Crippen molar-refractivity contribution in [2.24, 2.45) is 11.7 Å². The quantitative estimate of drug-likeness (QED) is 0.438. The number of carbonyl (C=O) groups is 1. The first-order valence-electron chi connectivity index (χ1n) is 10.1. The van der Waals surface area contributed by atoms with Crippen molar-refractivity contribution in [3.05, 3.63) is 88.0 Å². The Kier molecular flexibility index (Phi) is 6.11. The molecule has 4 aromatic rings. The van der Waals surface area contributed by atoms with Crippen LogP contribution in [0.15, 0.2) is 65.6 Å². The number of hydrogen-bond donors (Lipinski definition) is 2. The minimum Gasteiger partial charge on any atom is -0.497 e. The minimum atomic E-state index is -1.20. The van der Waals surface area contributed by atoms with Gasteiger partial charge in [0.15, 0.2) is 0 Å². The van der Waals surface area contributed by atoms with E-state index in [-0.39, 0.29) is 5.56 Å². The second-order valence-electron chi connectivity index (χ2n) is 7.42. The second kappa shape index (κ2) is 9.14. The zero-order valence-electron chi connectivity index (χ0n) is 18.0. The maximum Gasteiger partial charge on any atom is 0.277 e. The fraction of sp³-hybridized carbons (Fsp3) is 0.167. The molecule has 3 N–H and O–H groups in total. The van der Waals surface area contributed by atoms with Crippen LogP contribution in [0, 0.1) is 24.2 Å². The predicted molar refractivity (Wildman–Crippen MR) is 125 cm³/mol. The predicted octanol–water partition coefficient (Wildman–Crippen LogP) is 3.36. The van der Waals surface area contributed by atoms with Gasteiger partial charge in [-0.05, 0) is 42.3 Å². The van der Waals surface area contributed by atoms with Gasteiger partial charge in [-0.3, -0.25) is 14.7 Å². The van der Waals surface area contributed by atoms with E-state index in [1.54, 1.807) is 44.5 Å². The second-order valence-corrected chi connectivity index (χ2v) is 8.43. The molecule has 0 unspecified atom stereocenters. The van der Waals surface area contributed by atoms with Crippen molar-refractivity contribution in [1.82, 2.24) is 14.8 Å². The lowest BCUT2D eigenvalue weighted by Gasteiger charge is -2.19. The summed E-state index contributed by atoms with van der Waals surface area (Å²) in [4.78, 5) is 30.9. The lowest BCUT2D eigenvalue weighted by atomic mass is 9.81. The summed E-state index contributed by atoms with van der Waals surface area (Å²) in [6.45, 7) is 1.73. The summed E-state index contributed by atoms with van der Waals surface area (Å²) < 4.78 is 6.54. The van der Waals surface area contributed by atoms with Crippen LogP contribution in [0.25, 0.3) is 15.6 Å². The Bertz CT molecular complexity index is 1380. The van der Waals surface area contributed by atoms with E-state index in [1.807, 2.05) is 36.4 Å². The van der Waals surface area contributed by atoms with E-state index in [1.165, 1.54) is 16.0 Å². The number of aromatic nitrogens is 3. The van der Waals surface area contributed by atoms with Crippen LogP contribution in [0.2, 0.25) is 0 Å². The number of hydrogen-bond acceptors (Lipinski definition) is 6. The molecule has 0 aliphatic rings. The van der Waals surface area contributed by atoms with E-state index in [9.17, 15) is 14.9 Å². The molecular formula is C24H21N5O3S. The van der Waals surface area contributed by atoms with Crippen LogP contribution in [0.4, 0.5) is 0 Å². The van der Waals surface area contributed by atoms with Crippen molar-refractivity contribution in [2.75, 3.05) is 7.11 Å². The molecule has 0 aliphatic carbocycles. The molecule has 0 bridgehead atoms. The van der Waals surface area contributed by atoms with Crippen molar-refractivity contribution in [2.45, 2.75) is 12.8 Å². The lowest BCUT2D eigenvalue weighted by molar-refractivity contribution is -0.120. The number of aryl methyl sites for hydroxylation is 1. The molecule has 2 atom stereocenters. The number of benzene rings is 2. The van der Waals surface area contributed by atoms with Gasteiger partial charge in [-0.25, -0.2) is 4.98 Å². The molecule has 2 aromatic heterocycles. The first-order valence-corrected chi connectivity index (χ1v) is 10.9. The van der Waals surface area contributed by atoms with Gasteiger partial charge in [0.2, 0.25) is 11.0 Å². The van der Waals surface area contributed by atoms with E-state index >= 15 is 0 Å². The number of nitrogens with two attached hydrogens (primary N) is 1. The van der Waals surface area contributed by atoms with Gasteiger partial charge in [-0.15, -0.1) is 0 Å². The molecular weight excluding hydrogens is 438 g/mol. The van der Waals surface area contributed by atoms with E-state index in [0.29, 0.717) is 22.0 Å². The Morgan fingerprint density at radius 2 is 1.91 bits per heavy atom. The third-order valence-electron chi connectivity index (χ3n) is 5.42. The van der Waals surface area contributed by atoms with Gasteiger partial charge >= 0.3 is 0 Å². The van der Waals surface area contributed by atoms with Crippen molar-refractivity contribution in [3.63, 3.8) is 0 Å². The molecule has 0 saturated heterocycles. The zero-order chi connectivity index (χ0) is 23.5.